The van der Waals surface area contributed by atoms with Gasteiger partial charge in [0.05, 0.1) is 16.8 Å². The second-order valence-electron chi connectivity index (χ2n) is 4.57. The Balaban J connectivity index is 1.96. The molecule has 1 heterocycles. The highest BCUT2D eigenvalue weighted by atomic mass is 35.5. The second kappa shape index (κ2) is 4.94. The smallest absolute Gasteiger partial charge is 0.184 e. The van der Waals surface area contributed by atoms with Gasteiger partial charge in [0.1, 0.15) is 11.3 Å². The van der Waals surface area contributed by atoms with Crippen LogP contribution < -0.4 is 10.1 Å². The van der Waals surface area contributed by atoms with E-state index in [1.807, 2.05) is 12.1 Å². The number of ether oxygens (including phenoxy) is 1. The Kier molecular flexibility index (Phi) is 3.31. The summed E-state index contributed by atoms with van der Waals surface area (Å²) in [6.45, 7) is 0. The first kappa shape index (κ1) is 12.1. The van der Waals surface area contributed by atoms with E-state index in [1.54, 1.807) is 18.4 Å². The maximum atomic E-state index is 6.20. The SMILES string of the molecule is COc1ccc(Cl)c2sc(NC3CCCC3)nc12. The molecule has 5 heteroatoms. The lowest BCUT2D eigenvalue weighted by Crippen LogP contribution is -2.13. The highest BCUT2D eigenvalue weighted by Crippen LogP contribution is 2.38. The van der Waals surface area contributed by atoms with Crippen LogP contribution in [0, 0.1) is 0 Å². The fraction of sp³-hybridized carbons (Fsp3) is 0.462. The fourth-order valence-corrected chi connectivity index (χ4v) is 3.66. The molecule has 0 unspecified atom stereocenters. The first-order valence-electron chi connectivity index (χ1n) is 6.17. The van der Waals surface area contributed by atoms with Gasteiger partial charge in [-0.15, -0.1) is 0 Å². The van der Waals surface area contributed by atoms with E-state index < -0.39 is 0 Å². The van der Waals surface area contributed by atoms with E-state index in [9.17, 15) is 0 Å². The molecule has 0 bridgehead atoms. The summed E-state index contributed by atoms with van der Waals surface area (Å²) < 4.78 is 6.32. The van der Waals surface area contributed by atoms with E-state index in [0.717, 1.165) is 26.1 Å². The van der Waals surface area contributed by atoms with Gasteiger partial charge in [0.2, 0.25) is 0 Å². The van der Waals surface area contributed by atoms with Crippen LogP contribution in [0.1, 0.15) is 25.7 Å². The van der Waals surface area contributed by atoms with Crippen LogP contribution in [-0.4, -0.2) is 18.1 Å². The first-order chi connectivity index (χ1) is 8.78. The molecular formula is C13H15ClN2OS. The molecule has 18 heavy (non-hydrogen) atoms. The summed E-state index contributed by atoms with van der Waals surface area (Å²) in [6.07, 6.45) is 5.10. The average molecular weight is 283 g/mol. The number of hydrogen-bond acceptors (Lipinski definition) is 4. The molecule has 2 aromatic rings. The van der Waals surface area contributed by atoms with Crippen molar-refractivity contribution in [3.63, 3.8) is 0 Å². The van der Waals surface area contributed by atoms with E-state index >= 15 is 0 Å². The molecule has 0 saturated heterocycles. The summed E-state index contributed by atoms with van der Waals surface area (Å²) in [5, 5.41) is 5.19. The van der Waals surface area contributed by atoms with Crippen LogP contribution in [0.5, 0.6) is 5.75 Å². The van der Waals surface area contributed by atoms with E-state index in [0.29, 0.717) is 6.04 Å². The predicted octanol–water partition coefficient (Wildman–Crippen LogP) is 4.31. The van der Waals surface area contributed by atoms with Crippen LogP contribution in [0.25, 0.3) is 10.2 Å². The third kappa shape index (κ3) is 2.15. The topological polar surface area (TPSA) is 34.1 Å². The zero-order valence-electron chi connectivity index (χ0n) is 10.2. The zero-order valence-corrected chi connectivity index (χ0v) is 11.8. The van der Waals surface area contributed by atoms with Crippen molar-refractivity contribution in [3.05, 3.63) is 17.2 Å². The third-order valence-electron chi connectivity index (χ3n) is 3.36. The molecule has 0 radical (unpaired) electrons. The number of nitrogens with zero attached hydrogens (tertiary/aromatic N) is 1. The number of thiazole rings is 1. The molecule has 0 amide bonds. The molecule has 3 nitrogen and oxygen atoms in total. The van der Waals surface area contributed by atoms with Crippen molar-refractivity contribution < 1.29 is 4.74 Å². The lowest BCUT2D eigenvalue weighted by molar-refractivity contribution is 0.419. The fourth-order valence-electron chi connectivity index (χ4n) is 2.42. The number of hydrogen-bond donors (Lipinski definition) is 1. The summed E-state index contributed by atoms with van der Waals surface area (Å²) in [5.41, 5.74) is 0.857. The zero-order chi connectivity index (χ0) is 12.5. The van der Waals surface area contributed by atoms with Gasteiger partial charge >= 0.3 is 0 Å². The summed E-state index contributed by atoms with van der Waals surface area (Å²) in [6, 6.07) is 4.29. The number of aromatic nitrogens is 1. The molecule has 0 spiro atoms. The molecule has 1 aromatic heterocycles. The number of nitrogens with one attached hydrogen (secondary N) is 1. The van der Waals surface area contributed by atoms with Gasteiger partial charge in [0, 0.05) is 6.04 Å². The van der Waals surface area contributed by atoms with Crippen LogP contribution in [0.2, 0.25) is 5.02 Å². The number of methoxy groups -OCH3 is 1. The summed E-state index contributed by atoms with van der Waals surface area (Å²) in [7, 11) is 1.66. The molecular weight excluding hydrogens is 268 g/mol. The highest BCUT2D eigenvalue weighted by molar-refractivity contribution is 7.22. The molecule has 1 saturated carbocycles. The quantitative estimate of drug-likeness (QED) is 0.911. The molecule has 1 aromatic carbocycles. The van der Waals surface area contributed by atoms with Crippen LogP contribution in [0.4, 0.5) is 5.13 Å². The minimum Gasteiger partial charge on any atom is -0.494 e. The number of anilines is 1. The molecule has 0 aliphatic heterocycles. The maximum absolute atomic E-state index is 6.20. The Morgan fingerprint density at radius 3 is 2.89 bits per heavy atom. The minimum atomic E-state index is 0.565. The van der Waals surface area contributed by atoms with Gasteiger partial charge in [-0.1, -0.05) is 35.8 Å². The molecule has 1 aliphatic rings. The van der Waals surface area contributed by atoms with Crippen molar-refractivity contribution in [3.8, 4) is 5.75 Å². The molecule has 3 rings (SSSR count). The molecule has 0 atom stereocenters. The Bertz CT molecular complexity index is 563. The number of fused-ring (bicyclic) bond motifs is 1. The lowest BCUT2D eigenvalue weighted by atomic mass is 10.3. The number of halogens is 1. The summed E-state index contributed by atoms with van der Waals surface area (Å²) in [5.74, 6) is 0.783. The lowest BCUT2D eigenvalue weighted by Gasteiger charge is -2.09. The molecule has 96 valence electrons. The molecule has 1 aliphatic carbocycles. The van der Waals surface area contributed by atoms with Crippen LogP contribution in [0.3, 0.4) is 0 Å². The standard InChI is InChI=1S/C13H15ClN2OS/c1-17-10-7-6-9(14)12-11(10)16-13(18-12)15-8-4-2-3-5-8/h6-8H,2-5H2,1H3,(H,15,16). The van der Waals surface area contributed by atoms with Gasteiger partial charge in [-0.25, -0.2) is 4.98 Å². The summed E-state index contributed by atoms with van der Waals surface area (Å²) in [4.78, 5) is 4.61. The van der Waals surface area contributed by atoms with Crippen molar-refractivity contribution in [1.29, 1.82) is 0 Å². The van der Waals surface area contributed by atoms with E-state index in [1.165, 1.54) is 25.7 Å². The second-order valence-corrected chi connectivity index (χ2v) is 5.98. The Hall–Kier alpha value is -1.00. The Morgan fingerprint density at radius 2 is 2.17 bits per heavy atom. The monoisotopic (exact) mass is 282 g/mol. The third-order valence-corrected chi connectivity index (χ3v) is 4.81. The van der Waals surface area contributed by atoms with Crippen molar-refractivity contribution >= 4 is 38.3 Å². The Morgan fingerprint density at radius 1 is 1.39 bits per heavy atom. The number of rotatable bonds is 3. The average Bonchev–Trinajstić information content (AvgIpc) is 3.00. The highest BCUT2D eigenvalue weighted by Gasteiger charge is 2.18. The van der Waals surface area contributed by atoms with Crippen molar-refractivity contribution in [2.45, 2.75) is 31.7 Å². The van der Waals surface area contributed by atoms with Gasteiger partial charge in [-0.05, 0) is 25.0 Å². The molecule has 1 N–H and O–H groups in total. The van der Waals surface area contributed by atoms with Crippen molar-refractivity contribution in [2.24, 2.45) is 0 Å². The van der Waals surface area contributed by atoms with E-state index in [4.69, 9.17) is 16.3 Å². The predicted molar refractivity (Wildman–Crippen MR) is 77.1 cm³/mol. The van der Waals surface area contributed by atoms with Crippen LogP contribution >= 0.6 is 22.9 Å². The van der Waals surface area contributed by atoms with Gasteiger partial charge in [0.25, 0.3) is 0 Å². The van der Waals surface area contributed by atoms with Crippen molar-refractivity contribution in [2.75, 3.05) is 12.4 Å². The van der Waals surface area contributed by atoms with E-state index in [-0.39, 0.29) is 0 Å². The van der Waals surface area contributed by atoms with Gasteiger partial charge in [-0.3, -0.25) is 0 Å². The maximum Gasteiger partial charge on any atom is 0.184 e. The van der Waals surface area contributed by atoms with Gasteiger partial charge in [-0.2, -0.15) is 0 Å². The van der Waals surface area contributed by atoms with E-state index in [2.05, 4.69) is 10.3 Å². The van der Waals surface area contributed by atoms with Crippen LogP contribution in [0.15, 0.2) is 12.1 Å². The minimum absolute atomic E-state index is 0.565. The van der Waals surface area contributed by atoms with Gasteiger partial charge < -0.3 is 10.1 Å². The van der Waals surface area contributed by atoms with Crippen molar-refractivity contribution in [1.82, 2.24) is 4.98 Å². The largest absolute Gasteiger partial charge is 0.494 e. The summed E-state index contributed by atoms with van der Waals surface area (Å²) >= 11 is 7.81. The van der Waals surface area contributed by atoms with Crippen LogP contribution in [-0.2, 0) is 0 Å². The Labute approximate surface area is 115 Å². The van der Waals surface area contributed by atoms with Gasteiger partial charge in [0.15, 0.2) is 5.13 Å². The normalized spacial score (nSPS) is 16.3. The number of benzene rings is 1. The first-order valence-corrected chi connectivity index (χ1v) is 7.37. The molecule has 1 fully saturated rings.